The molecule has 30 heavy (non-hydrogen) atoms. The van der Waals surface area contributed by atoms with Crippen LogP contribution < -0.4 is 15.6 Å². The number of methoxy groups -OCH3 is 1. The highest BCUT2D eigenvalue weighted by atomic mass is 35.5. The van der Waals surface area contributed by atoms with Crippen LogP contribution in [0.2, 0.25) is 5.02 Å². The molecule has 1 aromatic heterocycles. The second kappa shape index (κ2) is 7.96. The maximum Gasteiger partial charge on any atom is 0.279 e. The fraction of sp³-hybridized carbons (Fsp3) is 0.0455. The van der Waals surface area contributed by atoms with E-state index < -0.39 is 11.7 Å². The molecule has 0 radical (unpaired) electrons. The number of aromatic nitrogens is 2. The van der Waals surface area contributed by atoms with Crippen molar-refractivity contribution in [2.24, 2.45) is 0 Å². The SMILES string of the molecule is COc1cccc(-n2nc(C(=O)Nc3ccc(F)c(Cl)c3)c3ccccc3c2=O)c1. The van der Waals surface area contributed by atoms with Crippen molar-refractivity contribution in [3.8, 4) is 11.4 Å². The lowest BCUT2D eigenvalue weighted by molar-refractivity contribution is 0.102. The van der Waals surface area contributed by atoms with Crippen LogP contribution in [-0.2, 0) is 0 Å². The first-order chi connectivity index (χ1) is 14.5. The summed E-state index contributed by atoms with van der Waals surface area (Å²) in [6.45, 7) is 0. The van der Waals surface area contributed by atoms with Gasteiger partial charge in [-0.1, -0.05) is 35.9 Å². The number of amides is 1. The first-order valence-electron chi connectivity index (χ1n) is 8.91. The summed E-state index contributed by atoms with van der Waals surface area (Å²) in [5.74, 6) is -0.614. The molecule has 3 aromatic carbocycles. The summed E-state index contributed by atoms with van der Waals surface area (Å²) in [5, 5.41) is 7.57. The second-order valence-electron chi connectivity index (χ2n) is 6.40. The Bertz CT molecular complexity index is 1340. The molecule has 0 spiro atoms. The van der Waals surface area contributed by atoms with Crippen LogP contribution in [0.25, 0.3) is 16.5 Å². The molecular formula is C22H15ClFN3O3. The van der Waals surface area contributed by atoms with Gasteiger partial charge in [-0.3, -0.25) is 9.59 Å². The summed E-state index contributed by atoms with van der Waals surface area (Å²) in [4.78, 5) is 26.0. The third-order valence-corrected chi connectivity index (χ3v) is 4.79. The molecule has 1 heterocycles. The average Bonchev–Trinajstić information content (AvgIpc) is 2.76. The van der Waals surface area contributed by atoms with Crippen LogP contribution >= 0.6 is 11.6 Å². The smallest absolute Gasteiger partial charge is 0.279 e. The first-order valence-corrected chi connectivity index (χ1v) is 9.28. The molecule has 0 aliphatic carbocycles. The van der Waals surface area contributed by atoms with Gasteiger partial charge < -0.3 is 10.1 Å². The van der Waals surface area contributed by atoms with Gasteiger partial charge in [-0.25, -0.2) is 4.39 Å². The molecule has 6 nitrogen and oxygen atoms in total. The Morgan fingerprint density at radius 3 is 2.57 bits per heavy atom. The van der Waals surface area contributed by atoms with E-state index in [0.717, 1.165) is 10.7 Å². The highest BCUT2D eigenvalue weighted by Gasteiger charge is 2.18. The van der Waals surface area contributed by atoms with Gasteiger partial charge in [0.1, 0.15) is 11.6 Å². The molecule has 150 valence electrons. The number of hydrogen-bond acceptors (Lipinski definition) is 4. The lowest BCUT2D eigenvalue weighted by Crippen LogP contribution is -2.26. The number of nitrogens with zero attached hydrogens (tertiary/aromatic N) is 2. The van der Waals surface area contributed by atoms with Gasteiger partial charge in [0.25, 0.3) is 11.5 Å². The zero-order valence-corrected chi connectivity index (χ0v) is 16.5. The number of carbonyl (C=O) groups excluding carboxylic acids is 1. The predicted octanol–water partition coefficient (Wildman–Crippen LogP) is 4.44. The van der Waals surface area contributed by atoms with Crippen LogP contribution in [0, 0.1) is 5.82 Å². The van der Waals surface area contributed by atoms with Crippen LogP contribution in [0.5, 0.6) is 5.75 Å². The molecule has 1 N–H and O–H groups in total. The van der Waals surface area contributed by atoms with Crippen LogP contribution in [0.15, 0.2) is 71.5 Å². The van der Waals surface area contributed by atoms with Gasteiger partial charge in [0, 0.05) is 17.1 Å². The Hall–Kier alpha value is -3.71. The van der Waals surface area contributed by atoms with Gasteiger partial charge in [0.05, 0.1) is 23.2 Å². The Morgan fingerprint density at radius 2 is 1.83 bits per heavy atom. The lowest BCUT2D eigenvalue weighted by Gasteiger charge is -2.12. The fourth-order valence-electron chi connectivity index (χ4n) is 3.04. The van der Waals surface area contributed by atoms with E-state index in [1.54, 1.807) is 48.5 Å². The minimum absolute atomic E-state index is 0.0356. The molecular weight excluding hydrogens is 409 g/mol. The van der Waals surface area contributed by atoms with Crippen molar-refractivity contribution in [3.63, 3.8) is 0 Å². The molecule has 0 aliphatic heterocycles. The minimum atomic E-state index is -0.593. The molecule has 4 rings (SSSR count). The van der Waals surface area contributed by atoms with Gasteiger partial charge in [0.15, 0.2) is 5.69 Å². The van der Waals surface area contributed by atoms with Gasteiger partial charge in [-0.05, 0) is 36.4 Å². The van der Waals surface area contributed by atoms with E-state index in [0.29, 0.717) is 27.9 Å². The number of fused-ring (bicyclic) bond motifs is 1. The molecule has 8 heteroatoms. The number of benzene rings is 3. The van der Waals surface area contributed by atoms with Crippen molar-refractivity contribution >= 4 is 34.0 Å². The van der Waals surface area contributed by atoms with Crippen LogP contribution in [0.4, 0.5) is 10.1 Å². The minimum Gasteiger partial charge on any atom is -0.497 e. The van der Waals surface area contributed by atoms with Crippen molar-refractivity contribution in [3.05, 3.63) is 93.6 Å². The Kier molecular flexibility index (Phi) is 5.20. The maximum atomic E-state index is 13.4. The standard InChI is InChI=1S/C22H15ClFN3O3/c1-30-15-6-4-5-14(12-15)27-22(29)17-8-3-2-7-16(17)20(26-27)21(28)25-13-9-10-19(24)18(23)11-13/h2-12H,1H3,(H,25,28). The molecule has 0 aliphatic rings. The fourth-order valence-corrected chi connectivity index (χ4v) is 3.22. The predicted molar refractivity (Wildman–Crippen MR) is 113 cm³/mol. The van der Waals surface area contributed by atoms with E-state index in [2.05, 4.69) is 10.4 Å². The summed E-state index contributed by atoms with van der Waals surface area (Å²) in [5.41, 5.74) is 0.411. The summed E-state index contributed by atoms with van der Waals surface area (Å²) < 4.78 is 19.8. The Morgan fingerprint density at radius 1 is 1.07 bits per heavy atom. The highest BCUT2D eigenvalue weighted by molar-refractivity contribution is 6.31. The first kappa shape index (κ1) is 19.6. The van der Waals surface area contributed by atoms with Gasteiger partial charge in [0.2, 0.25) is 0 Å². The normalized spacial score (nSPS) is 10.8. The number of rotatable bonds is 4. The van der Waals surface area contributed by atoms with Gasteiger partial charge >= 0.3 is 0 Å². The zero-order chi connectivity index (χ0) is 21.3. The summed E-state index contributed by atoms with van der Waals surface area (Å²) in [6, 6.07) is 17.3. The van der Waals surface area contributed by atoms with Crippen molar-refractivity contribution in [1.82, 2.24) is 9.78 Å². The monoisotopic (exact) mass is 423 g/mol. The molecule has 1 amide bonds. The topological polar surface area (TPSA) is 73.2 Å². The van der Waals surface area contributed by atoms with Gasteiger partial charge in [-0.15, -0.1) is 0 Å². The quantitative estimate of drug-likeness (QED) is 0.526. The lowest BCUT2D eigenvalue weighted by atomic mass is 10.1. The van der Waals surface area contributed by atoms with Crippen molar-refractivity contribution in [2.75, 3.05) is 12.4 Å². The van der Waals surface area contributed by atoms with E-state index >= 15 is 0 Å². The van der Waals surface area contributed by atoms with Crippen molar-refractivity contribution in [1.29, 1.82) is 0 Å². The van der Waals surface area contributed by atoms with E-state index in [1.165, 1.54) is 19.2 Å². The number of hydrogen-bond donors (Lipinski definition) is 1. The third-order valence-electron chi connectivity index (χ3n) is 4.50. The van der Waals surface area contributed by atoms with E-state index in [4.69, 9.17) is 16.3 Å². The summed E-state index contributed by atoms with van der Waals surface area (Å²) >= 11 is 5.79. The van der Waals surface area contributed by atoms with E-state index in [9.17, 15) is 14.0 Å². The molecule has 0 fully saturated rings. The van der Waals surface area contributed by atoms with Crippen LogP contribution in [-0.4, -0.2) is 22.8 Å². The van der Waals surface area contributed by atoms with E-state index in [1.807, 2.05) is 0 Å². The largest absolute Gasteiger partial charge is 0.497 e. The summed E-state index contributed by atoms with van der Waals surface area (Å²) in [6.07, 6.45) is 0. The molecule has 0 saturated heterocycles. The highest BCUT2D eigenvalue weighted by Crippen LogP contribution is 2.22. The van der Waals surface area contributed by atoms with Gasteiger partial charge in [-0.2, -0.15) is 9.78 Å². The average molecular weight is 424 g/mol. The maximum absolute atomic E-state index is 13.4. The van der Waals surface area contributed by atoms with Crippen molar-refractivity contribution < 1.29 is 13.9 Å². The van der Waals surface area contributed by atoms with Crippen LogP contribution in [0.3, 0.4) is 0 Å². The molecule has 0 unspecified atom stereocenters. The number of ether oxygens (including phenoxy) is 1. The molecule has 0 bridgehead atoms. The number of anilines is 1. The number of halogens is 2. The Balaban J connectivity index is 1.86. The molecule has 4 aromatic rings. The zero-order valence-electron chi connectivity index (χ0n) is 15.7. The molecule has 0 atom stereocenters. The van der Waals surface area contributed by atoms with Crippen LogP contribution in [0.1, 0.15) is 10.5 Å². The summed E-state index contributed by atoms with van der Waals surface area (Å²) in [7, 11) is 1.52. The van der Waals surface area contributed by atoms with Crippen molar-refractivity contribution in [2.45, 2.75) is 0 Å². The number of nitrogens with one attached hydrogen (secondary N) is 1. The number of carbonyl (C=O) groups is 1. The molecule has 0 saturated carbocycles. The second-order valence-corrected chi connectivity index (χ2v) is 6.80. The third kappa shape index (κ3) is 3.62. The van der Waals surface area contributed by atoms with E-state index in [-0.39, 0.29) is 16.3 Å². The Labute approximate surface area is 175 Å².